The molecule has 15 heavy (non-hydrogen) atoms. The van der Waals surface area contributed by atoms with Crippen LogP contribution in [-0.2, 0) is 4.79 Å². The number of anilines is 1. The van der Waals surface area contributed by atoms with Gasteiger partial charge in [-0.3, -0.25) is 9.78 Å². The standard InChI is InChI=1S/C11H14N2OS/c1-7-3-9(4-8(2)12-7)13-6-10(15)5-11(13)14/h3-4,10,15H,5-6H2,1-2H3. The van der Waals surface area contributed by atoms with E-state index in [0.29, 0.717) is 13.0 Å². The predicted molar refractivity (Wildman–Crippen MR) is 63.5 cm³/mol. The van der Waals surface area contributed by atoms with Gasteiger partial charge in [-0.25, -0.2) is 0 Å². The monoisotopic (exact) mass is 222 g/mol. The number of hydrogen-bond acceptors (Lipinski definition) is 3. The van der Waals surface area contributed by atoms with Crippen molar-refractivity contribution in [3.63, 3.8) is 0 Å². The molecule has 1 aliphatic heterocycles. The Labute approximate surface area is 94.9 Å². The third-order valence-electron chi connectivity index (χ3n) is 2.48. The Morgan fingerprint density at radius 2 is 2.00 bits per heavy atom. The Hall–Kier alpha value is -1.03. The van der Waals surface area contributed by atoms with Gasteiger partial charge in [0, 0.05) is 35.3 Å². The van der Waals surface area contributed by atoms with Crippen LogP contribution in [0.5, 0.6) is 0 Å². The number of hydrogen-bond donors (Lipinski definition) is 1. The molecular weight excluding hydrogens is 208 g/mol. The third-order valence-corrected chi connectivity index (χ3v) is 2.83. The molecule has 1 atom stereocenters. The van der Waals surface area contributed by atoms with E-state index >= 15 is 0 Å². The van der Waals surface area contributed by atoms with Crippen molar-refractivity contribution in [1.29, 1.82) is 0 Å². The SMILES string of the molecule is Cc1cc(N2CC(S)CC2=O)cc(C)n1. The fourth-order valence-corrected chi connectivity index (χ4v) is 2.23. The van der Waals surface area contributed by atoms with Gasteiger partial charge in [-0.15, -0.1) is 0 Å². The number of aromatic nitrogens is 1. The zero-order valence-electron chi connectivity index (χ0n) is 8.90. The number of nitrogens with zero attached hydrogens (tertiary/aromatic N) is 2. The largest absolute Gasteiger partial charge is 0.311 e. The molecule has 1 unspecified atom stereocenters. The number of carbonyl (C=O) groups excluding carboxylic acids is 1. The number of carbonyl (C=O) groups is 1. The molecule has 0 bridgehead atoms. The minimum Gasteiger partial charge on any atom is -0.311 e. The smallest absolute Gasteiger partial charge is 0.228 e. The van der Waals surface area contributed by atoms with Gasteiger partial charge in [-0.05, 0) is 26.0 Å². The minimum absolute atomic E-state index is 0.153. The second kappa shape index (κ2) is 3.85. The van der Waals surface area contributed by atoms with E-state index in [2.05, 4.69) is 17.6 Å². The first-order chi connectivity index (χ1) is 7.06. The summed E-state index contributed by atoms with van der Waals surface area (Å²) in [5.74, 6) is 0.153. The topological polar surface area (TPSA) is 33.2 Å². The summed E-state index contributed by atoms with van der Waals surface area (Å²) in [5, 5.41) is 0.159. The van der Waals surface area contributed by atoms with Crippen LogP contribution in [-0.4, -0.2) is 22.7 Å². The summed E-state index contributed by atoms with van der Waals surface area (Å²) >= 11 is 4.33. The fourth-order valence-electron chi connectivity index (χ4n) is 1.91. The molecule has 2 rings (SSSR count). The van der Waals surface area contributed by atoms with Crippen LogP contribution in [0, 0.1) is 13.8 Å². The van der Waals surface area contributed by atoms with Crippen molar-refractivity contribution in [2.75, 3.05) is 11.4 Å². The first kappa shape index (κ1) is 10.5. The molecule has 1 fully saturated rings. The molecule has 80 valence electrons. The predicted octanol–water partition coefficient (Wildman–Crippen LogP) is 1.73. The molecule has 0 saturated carbocycles. The second-order valence-electron chi connectivity index (χ2n) is 3.97. The molecule has 1 saturated heterocycles. The van der Waals surface area contributed by atoms with Crippen LogP contribution in [0.3, 0.4) is 0 Å². The summed E-state index contributed by atoms with van der Waals surface area (Å²) < 4.78 is 0. The van der Waals surface area contributed by atoms with E-state index in [9.17, 15) is 4.79 Å². The molecule has 1 aromatic heterocycles. The Morgan fingerprint density at radius 3 is 2.47 bits per heavy atom. The lowest BCUT2D eigenvalue weighted by Gasteiger charge is -2.16. The molecule has 1 aromatic rings. The Bertz CT molecular complexity index is 385. The van der Waals surface area contributed by atoms with E-state index in [4.69, 9.17) is 0 Å². The van der Waals surface area contributed by atoms with Crippen molar-refractivity contribution in [3.05, 3.63) is 23.5 Å². The first-order valence-electron chi connectivity index (χ1n) is 5.00. The summed E-state index contributed by atoms with van der Waals surface area (Å²) in [7, 11) is 0. The highest BCUT2D eigenvalue weighted by molar-refractivity contribution is 7.81. The van der Waals surface area contributed by atoms with Gasteiger partial charge in [-0.1, -0.05) is 0 Å². The van der Waals surface area contributed by atoms with Gasteiger partial charge in [0.05, 0.1) is 0 Å². The number of thiol groups is 1. The molecule has 0 aromatic carbocycles. The summed E-state index contributed by atoms with van der Waals surface area (Å²) in [5.41, 5.74) is 2.84. The van der Waals surface area contributed by atoms with Crippen molar-refractivity contribution in [3.8, 4) is 0 Å². The van der Waals surface area contributed by atoms with E-state index in [1.165, 1.54) is 0 Å². The Balaban J connectivity index is 2.33. The van der Waals surface area contributed by atoms with Crippen LogP contribution in [0.2, 0.25) is 0 Å². The highest BCUT2D eigenvalue weighted by Gasteiger charge is 2.28. The zero-order chi connectivity index (χ0) is 11.0. The average molecular weight is 222 g/mol. The van der Waals surface area contributed by atoms with Gasteiger partial charge in [0.1, 0.15) is 0 Å². The maximum absolute atomic E-state index is 11.7. The van der Waals surface area contributed by atoms with E-state index < -0.39 is 0 Å². The van der Waals surface area contributed by atoms with Crippen molar-refractivity contribution in [2.24, 2.45) is 0 Å². The summed E-state index contributed by atoms with van der Waals surface area (Å²) in [6, 6.07) is 3.88. The first-order valence-corrected chi connectivity index (χ1v) is 5.51. The zero-order valence-corrected chi connectivity index (χ0v) is 9.79. The molecule has 4 heteroatoms. The highest BCUT2D eigenvalue weighted by atomic mass is 32.1. The molecule has 0 aliphatic carbocycles. The third kappa shape index (κ3) is 2.15. The average Bonchev–Trinajstić information content (AvgIpc) is 2.43. The number of pyridine rings is 1. The minimum atomic E-state index is 0.153. The van der Waals surface area contributed by atoms with Crippen molar-refractivity contribution in [2.45, 2.75) is 25.5 Å². The van der Waals surface area contributed by atoms with E-state index in [-0.39, 0.29) is 11.2 Å². The van der Waals surface area contributed by atoms with Gasteiger partial charge in [0.2, 0.25) is 5.91 Å². The molecule has 3 nitrogen and oxygen atoms in total. The molecule has 0 radical (unpaired) electrons. The summed E-state index contributed by atoms with van der Waals surface area (Å²) in [4.78, 5) is 17.7. The summed E-state index contributed by atoms with van der Waals surface area (Å²) in [6.45, 7) is 4.58. The second-order valence-corrected chi connectivity index (χ2v) is 4.70. The normalized spacial score (nSPS) is 21.1. The lowest BCUT2D eigenvalue weighted by atomic mass is 10.2. The van der Waals surface area contributed by atoms with Crippen LogP contribution in [0.1, 0.15) is 17.8 Å². The Morgan fingerprint density at radius 1 is 1.40 bits per heavy atom. The van der Waals surface area contributed by atoms with E-state index in [0.717, 1.165) is 17.1 Å². The number of rotatable bonds is 1. The van der Waals surface area contributed by atoms with Crippen LogP contribution in [0.25, 0.3) is 0 Å². The molecular formula is C11H14N2OS. The van der Waals surface area contributed by atoms with Crippen molar-refractivity contribution < 1.29 is 4.79 Å². The quantitative estimate of drug-likeness (QED) is 0.734. The number of aryl methyl sites for hydroxylation is 2. The lowest BCUT2D eigenvalue weighted by Crippen LogP contribution is -2.24. The maximum Gasteiger partial charge on any atom is 0.228 e. The molecule has 1 aliphatic rings. The van der Waals surface area contributed by atoms with Gasteiger partial charge < -0.3 is 4.90 Å². The van der Waals surface area contributed by atoms with Crippen LogP contribution in [0.4, 0.5) is 5.69 Å². The number of amides is 1. The molecule has 2 heterocycles. The molecule has 0 spiro atoms. The molecule has 0 N–H and O–H groups in total. The van der Waals surface area contributed by atoms with E-state index in [1.54, 1.807) is 4.90 Å². The summed E-state index contributed by atoms with van der Waals surface area (Å²) in [6.07, 6.45) is 0.531. The van der Waals surface area contributed by atoms with Crippen molar-refractivity contribution in [1.82, 2.24) is 4.98 Å². The lowest BCUT2D eigenvalue weighted by molar-refractivity contribution is -0.117. The Kier molecular flexibility index (Phi) is 2.69. The van der Waals surface area contributed by atoms with Crippen LogP contribution >= 0.6 is 12.6 Å². The van der Waals surface area contributed by atoms with Crippen LogP contribution < -0.4 is 4.90 Å². The molecule has 1 amide bonds. The van der Waals surface area contributed by atoms with Gasteiger partial charge in [0.15, 0.2) is 0 Å². The van der Waals surface area contributed by atoms with Gasteiger partial charge >= 0.3 is 0 Å². The van der Waals surface area contributed by atoms with Crippen molar-refractivity contribution >= 4 is 24.2 Å². The van der Waals surface area contributed by atoms with E-state index in [1.807, 2.05) is 26.0 Å². The highest BCUT2D eigenvalue weighted by Crippen LogP contribution is 2.24. The van der Waals surface area contributed by atoms with Gasteiger partial charge in [0.25, 0.3) is 0 Å². The fraction of sp³-hybridized carbons (Fsp3) is 0.455. The van der Waals surface area contributed by atoms with Gasteiger partial charge in [-0.2, -0.15) is 12.6 Å². The maximum atomic E-state index is 11.7. The van der Waals surface area contributed by atoms with Crippen LogP contribution in [0.15, 0.2) is 12.1 Å².